The minimum Gasteiger partial charge on any atom is -0.481 e. The summed E-state index contributed by atoms with van der Waals surface area (Å²) in [4.78, 5) is 39.2. The minimum absolute atomic E-state index is 0.0935. The lowest BCUT2D eigenvalue weighted by atomic mass is 10.2. The van der Waals surface area contributed by atoms with Crippen LogP contribution in [0.2, 0.25) is 0 Å². The number of nitrogens with zero attached hydrogens (tertiary/aromatic N) is 2. The molecule has 0 aromatic carbocycles. The van der Waals surface area contributed by atoms with Gasteiger partial charge in [-0.05, 0) is 18.6 Å². The molecule has 1 atom stereocenters. The van der Waals surface area contributed by atoms with Crippen LogP contribution in [0.3, 0.4) is 0 Å². The Morgan fingerprint density at radius 2 is 2.15 bits per heavy atom. The predicted octanol–water partition coefficient (Wildman–Crippen LogP) is 0.446. The normalized spacial score (nSPS) is 11.5. The summed E-state index contributed by atoms with van der Waals surface area (Å²) >= 11 is 0. The van der Waals surface area contributed by atoms with Crippen LogP contribution in [0.15, 0.2) is 24.5 Å². The second-order valence-corrected chi connectivity index (χ2v) is 4.15. The summed E-state index contributed by atoms with van der Waals surface area (Å²) < 4.78 is 4.59. The quantitative estimate of drug-likeness (QED) is 0.600. The zero-order valence-electron chi connectivity index (χ0n) is 11.3. The summed E-state index contributed by atoms with van der Waals surface area (Å²) in [5.41, 5.74) is 0.696. The SMILES string of the molecule is COC(=O)C(C)N(Cc1cccnc1)C(=O)CC(=O)O. The number of carboxylic acid groups (broad SMARTS) is 1. The molecule has 0 aliphatic rings. The third kappa shape index (κ3) is 4.34. The molecule has 0 saturated heterocycles. The van der Waals surface area contributed by atoms with Crippen molar-refractivity contribution in [2.45, 2.75) is 25.9 Å². The molecule has 7 heteroatoms. The Kier molecular flexibility index (Phi) is 5.64. The summed E-state index contributed by atoms with van der Waals surface area (Å²) in [5.74, 6) is -2.50. The van der Waals surface area contributed by atoms with Crippen molar-refractivity contribution in [2.24, 2.45) is 0 Å². The molecule has 1 N–H and O–H groups in total. The highest BCUT2D eigenvalue weighted by atomic mass is 16.5. The van der Waals surface area contributed by atoms with Crippen LogP contribution in [-0.2, 0) is 25.7 Å². The average molecular weight is 280 g/mol. The minimum atomic E-state index is -1.25. The topological polar surface area (TPSA) is 96.8 Å². The molecule has 0 aliphatic carbocycles. The van der Waals surface area contributed by atoms with Crippen LogP contribution in [0.1, 0.15) is 18.9 Å². The molecule has 0 fully saturated rings. The van der Waals surface area contributed by atoms with Gasteiger partial charge < -0.3 is 14.7 Å². The van der Waals surface area contributed by atoms with Gasteiger partial charge in [-0.25, -0.2) is 4.79 Å². The number of carbonyl (C=O) groups is 3. The number of esters is 1. The van der Waals surface area contributed by atoms with Gasteiger partial charge in [-0.3, -0.25) is 14.6 Å². The zero-order chi connectivity index (χ0) is 15.1. The van der Waals surface area contributed by atoms with Crippen LogP contribution < -0.4 is 0 Å². The molecule has 1 heterocycles. The van der Waals surface area contributed by atoms with Gasteiger partial charge in [-0.2, -0.15) is 0 Å². The summed E-state index contributed by atoms with van der Waals surface area (Å²) in [5, 5.41) is 8.70. The van der Waals surface area contributed by atoms with Crippen molar-refractivity contribution in [1.29, 1.82) is 0 Å². The molecule has 7 nitrogen and oxygen atoms in total. The highest BCUT2D eigenvalue weighted by Gasteiger charge is 2.27. The van der Waals surface area contributed by atoms with Crippen molar-refractivity contribution in [3.8, 4) is 0 Å². The molecule has 0 bridgehead atoms. The number of aliphatic carboxylic acids is 1. The van der Waals surface area contributed by atoms with E-state index < -0.39 is 30.3 Å². The second-order valence-electron chi connectivity index (χ2n) is 4.15. The fraction of sp³-hybridized carbons (Fsp3) is 0.385. The maximum atomic E-state index is 11.9. The molecule has 0 radical (unpaired) electrons. The van der Waals surface area contributed by atoms with Gasteiger partial charge in [-0.15, -0.1) is 0 Å². The molecular weight excluding hydrogens is 264 g/mol. The van der Waals surface area contributed by atoms with E-state index in [4.69, 9.17) is 5.11 Å². The molecule has 1 rings (SSSR count). The van der Waals surface area contributed by atoms with Crippen molar-refractivity contribution in [2.75, 3.05) is 7.11 Å². The molecule has 1 amide bonds. The van der Waals surface area contributed by atoms with Gasteiger partial charge in [0.25, 0.3) is 0 Å². The number of hydrogen-bond donors (Lipinski definition) is 1. The first-order valence-corrected chi connectivity index (χ1v) is 5.93. The first-order valence-electron chi connectivity index (χ1n) is 5.93. The summed E-state index contributed by atoms with van der Waals surface area (Å²) in [6.07, 6.45) is 2.45. The molecule has 1 aromatic rings. The Morgan fingerprint density at radius 3 is 2.65 bits per heavy atom. The third-order valence-corrected chi connectivity index (χ3v) is 2.71. The highest BCUT2D eigenvalue weighted by molar-refractivity contribution is 5.95. The molecule has 0 spiro atoms. The van der Waals surface area contributed by atoms with Crippen LogP contribution >= 0.6 is 0 Å². The fourth-order valence-electron chi connectivity index (χ4n) is 1.66. The van der Waals surface area contributed by atoms with Crippen LogP contribution in [0, 0.1) is 0 Å². The first kappa shape index (κ1) is 15.6. The van der Waals surface area contributed by atoms with E-state index in [9.17, 15) is 14.4 Å². The number of amides is 1. The fourth-order valence-corrected chi connectivity index (χ4v) is 1.66. The molecule has 0 aliphatic heterocycles. The molecule has 1 aromatic heterocycles. The number of pyridine rings is 1. The molecule has 1 unspecified atom stereocenters. The molecule has 0 saturated carbocycles. The van der Waals surface area contributed by atoms with Gasteiger partial charge >= 0.3 is 11.9 Å². The Hall–Kier alpha value is -2.44. The highest BCUT2D eigenvalue weighted by Crippen LogP contribution is 2.10. The lowest BCUT2D eigenvalue weighted by Gasteiger charge is -2.27. The maximum Gasteiger partial charge on any atom is 0.328 e. The monoisotopic (exact) mass is 280 g/mol. The van der Waals surface area contributed by atoms with Crippen molar-refractivity contribution in [1.82, 2.24) is 9.88 Å². The Morgan fingerprint density at radius 1 is 1.45 bits per heavy atom. The van der Waals surface area contributed by atoms with E-state index in [0.29, 0.717) is 5.56 Å². The van der Waals surface area contributed by atoms with E-state index in [1.54, 1.807) is 24.5 Å². The van der Waals surface area contributed by atoms with Crippen LogP contribution in [0.5, 0.6) is 0 Å². The maximum absolute atomic E-state index is 11.9. The van der Waals surface area contributed by atoms with E-state index in [-0.39, 0.29) is 6.54 Å². The second kappa shape index (κ2) is 7.22. The van der Waals surface area contributed by atoms with Gasteiger partial charge in [0.2, 0.25) is 5.91 Å². The summed E-state index contributed by atoms with van der Waals surface area (Å²) in [6, 6.07) is 2.56. The van der Waals surface area contributed by atoms with Crippen LogP contribution in [0.4, 0.5) is 0 Å². The van der Waals surface area contributed by atoms with Crippen LogP contribution in [-0.4, -0.2) is 46.0 Å². The summed E-state index contributed by atoms with van der Waals surface area (Å²) in [6.45, 7) is 1.58. The van der Waals surface area contributed by atoms with E-state index in [0.717, 1.165) is 4.90 Å². The molecule has 108 valence electrons. The van der Waals surface area contributed by atoms with Gasteiger partial charge in [0, 0.05) is 18.9 Å². The standard InChI is InChI=1S/C13H16N2O5/c1-9(13(19)20-2)15(11(16)6-12(17)18)8-10-4-3-5-14-7-10/h3-5,7,9H,6,8H2,1-2H3,(H,17,18). The zero-order valence-corrected chi connectivity index (χ0v) is 11.3. The predicted molar refractivity (Wildman–Crippen MR) is 68.5 cm³/mol. The van der Waals surface area contributed by atoms with Gasteiger partial charge in [0.15, 0.2) is 0 Å². The number of aromatic nitrogens is 1. The van der Waals surface area contributed by atoms with Gasteiger partial charge in [0.1, 0.15) is 12.5 Å². The Balaban J connectivity index is 2.92. The lowest BCUT2D eigenvalue weighted by Crippen LogP contribution is -2.44. The molecular formula is C13H16N2O5. The van der Waals surface area contributed by atoms with Crippen molar-refractivity contribution in [3.63, 3.8) is 0 Å². The molecule has 20 heavy (non-hydrogen) atoms. The van der Waals surface area contributed by atoms with Crippen molar-refractivity contribution < 1.29 is 24.2 Å². The average Bonchev–Trinajstić information content (AvgIpc) is 2.43. The number of carboxylic acids is 1. The Bertz CT molecular complexity index is 489. The largest absolute Gasteiger partial charge is 0.481 e. The first-order chi connectivity index (χ1) is 9.45. The number of ether oxygens (including phenoxy) is 1. The van der Waals surface area contributed by atoms with Crippen LogP contribution in [0.25, 0.3) is 0 Å². The Labute approximate surface area is 116 Å². The third-order valence-electron chi connectivity index (χ3n) is 2.71. The van der Waals surface area contributed by atoms with E-state index >= 15 is 0 Å². The number of carbonyl (C=O) groups excluding carboxylic acids is 2. The number of methoxy groups -OCH3 is 1. The van der Waals surface area contributed by atoms with E-state index in [1.165, 1.54) is 14.0 Å². The van der Waals surface area contributed by atoms with Gasteiger partial charge in [0.05, 0.1) is 7.11 Å². The number of hydrogen-bond acceptors (Lipinski definition) is 5. The van der Waals surface area contributed by atoms with Gasteiger partial charge in [-0.1, -0.05) is 6.07 Å². The van der Waals surface area contributed by atoms with E-state index in [1.807, 2.05) is 0 Å². The summed E-state index contributed by atoms with van der Waals surface area (Å²) in [7, 11) is 1.21. The smallest absolute Gasteiger partial charge is 0.328 e. The lowest BCUT2D eigenvalue weighted by molar-refractivity contribution is -0.155. The van der Waals surface area contributed by atoms with Crippen molar-refractivity contribution in [3.05, 3.63) is 30.1 Å². The van der Waals surface area contributed by atoms with E-state index in [2.05, 4.69) is 9.72 Å². The number of rotatable bonds is 6. The van der Waals surface area contributed by atoms with Crippen molar-refractivity contribution >= 4 is 17.8 Å².